The lowest BCUT2D eigenvalue weighted by Gasteiger charge is -1.94. The van der Waals surface area contributed by atoms with E-state index in [1.54, 1.807) is 0 Å². The van der Waals surface area contributed by atoms with Crippen molar-refractivity contribution in [3.8, 4) is 0 Å². The van der Waals surface area contributed by atoms with Gasteiger partial charge in [0.05, 0.1) is 0 Å². The number of H-pyrrole nitrogens is 1. The highest BCUT2D eigenvalue weighted by molar-refractivity contribution is 5.32. The molecule has 0 fully saturated rings. The second-order valence-corrected chi connectivity index (χ2v) is 1.94. The third-order valence-electron chi connectivity index (χ3n) is 1.22. The molecular formula is C6H5N3O3. The number of aromatic nitrogens is 2. The number of aliphatic imine (C=N–C) groups is 1. The third kappa shape index (κ3) is 1.56. The molecule has 12 heavy (non-hydrogen) atoms. The van der Waals surface area contributed by atoms with Crippen molar-refractivity contribution in [2.24, 2.45) is 4.99 Å². The summed E-state index contributed by atoms with van der Waals surface area (Å²) in [7, 11) is 0. The van der Waals surface area contributed by atoms with Crippen molar-refractivity contribution in [1.82, 2.24) is 9.55 Å². The van der Waals surface area contributed by atoms with Gasteiger partial charge in [0.15, 0.2) is 0 Å². The van der Waals surface area contributed by atoms with E-state index in [1.165, 1.54) is 18.3 Å². The van der Waals surface area contributed by atoms with E-state index in [4.69, 9.17) is 0 Å². The Morgan fingerprint density at radius 2 is 2.33 bits per heavy atom. The van der Waals surface area contributed by atoms with Crippen molar-refractivity contribution < 1.29 is 4.79 Å². The Kier molecular flexibility index (Phi) is 2.35. The number of nitrogens with one attached hydrogen (secondary N) is 1. The molecular weight excluding hydrogens is 162 g/mol. The molecule has 0 spiro atoms. The van der Waals surface area contributed by atoms with Crippen LogP contribution in [-0.2, 0) is 11.5 Å². The summed E-state index contributed by atoms with van der Waals surface area (Å²) >= 11 is 0. The zero-order chi connectivity index (χ0) is 8.97. The van der Waals surface area contributed by atoms with E-state index in [0.29, 0.717) is 0 Å². The molecule has 0 aliphatic heterocycles. The van der Waals surface area contributed by atoms with Crippen LogP contribution >= 0.6 is 0 Å². The Morgan fingerprint density at radius 1 is 1.58 bits per heavy atom. The van der Waals surface area contributed by atoms with Gasteiger partial charge in [0.1, 0.15) is 6.67 Å². The average Bonchev–Trinajstić information content (AvgIpc) is 2.04. The standard InChI is InChI=1S/C6H5N3O3/c10-4-7-3-9-5(11)1-2-8-6(9)12/h1-2H,3H2,(H,8,12). The molecule has 0 aromatic carbocycles. The van der Waals surface area contributed by atoms with E-state index in [2.05, 4.69) is 9.98 Å². The molecule has 1 heterocycles. The normalized spacial score (nSPS) is 9.00. The van der Waals surface area contributed by atoms with Crippen LogP contribution in [0.25, 0.3) is 0 Å². The maximum absolute atomic E-state index is 10.9. The van der Waals surface area contributed by atoms with Gasteiger partial charge in [-0.25, -0.2) is 14.2 Å². The van der Waals surface area contributed by atoms with Crippen LogP contribution in [-0.4, -0.2) is 15.6 Å². The highest BCUT2D eigenvalue weighted by Crippen LogP contribution is 1.70. The Morgan fingerprint density at radius 3 is 2.92 bits per heavy atom. The fourth-order valence-corrected chi connectivity index (χ4v) is 0.686. The Balaban J connectivity index is 3.22. The molecule has 0 bridgehead atoms. The minimum Gasteiger partial charge on any atom is -0.314 e. The van der Waals surface area contributed by atoms with Crippen LogP contribution in [0.5, 0.6) is 0 Å². The van der Waals surface area contributed by atoms with Gasteiger partial charge in [-0.1, -0.05) is 0 Å². The lowest BCUT2D eigenvalue weighted by atomic mass is 10.6. The van der Waals surface area contributed by atoms with E-state index in [1.807, 2.05) is 0 Å². The molecule has 0 unspecified atom stereocenters. The molecule has 0 aliphatic carbocycles. The zero-order valence-electron chi connectivity index (χ0n) is 5.98. The molecule has 6 nitrogen and oxygen atoms in total. The number of isocyanates is 1. The number of nitrogens with zero attached hydrogens (tertiary/aromatic N) is 2. The summed E-state index contributed by atoms with van der Waals surface area (Å²) in [4.78, 5) is 36.8. The van der Waals surface area contributed by atoms with Crippen LogP contribution in [0.2, 0.25) is 0 Å². The van der Waals surface area contributed by atoms with Crippen molar-refractivity contribution in [3.63, 3.8) is 0 Å². The van der Waals surface area contributed by atoms with Crippen LogP contribution < -0.4 is 11.2 Å². The van der Waals surface area contributed by atoms with Gasteiger partial charge in [-0.15, -0.1) is 0 Å². The lowest BCUT2D eigenvalue weighted by Crippen LogP contribution is -2.33. The molecule has 0 amide bonds. The Labute approximate surface area is 66.2 Å². The first-order chi connectivity index (χ1) is 5.75. The highest BCUT2D eigenvalue weighted by Gasteiger charge is 1.96. The Bertz CT molecular complexity index is 396. The minimum atomic E-state index is -0.596. The molecule has 6 heteroatoms. The van der Waals surface area contributed by atoms with Gasteiger partial charge in [-0.2, -0.15) is 4.99 Å². The molecule has 0 aliphatic rings. The zero-order valence-corrected chi connectivity index (χ0v) is 5.98. The summed E-state index contributed by atoms with van der Waals surface area (Å²) in [5, 5.41) is 0. The highest BCUT2D eigenvalue weighted by atomic mass is 16.2. The van der Waals surface area contributed by atoms with Crippen molar-refractivity contribution in [3.05, 3.63) is 33.1 Å². The first kappa shape index (κ1) is 8.16. The fraction of sp³-hybridized carbons (Fsp3) is 0.167. The monoisotopic (exact) mass is 167 g/mol. The maximum atomic E-state index is 10.9. The van der Waals surface area contributed by atoms with Crippen LogP contribution in [0.3, 0.4) is 0 Å². The van der Waals surface area contributed by atoms with E-state index >= 15 is 0 Å². The number of aromatic amines is 1. The summed E-state index contributed by atoms with van der Waals surface area (Å²) < 4.78 is 0.783. The summed E-state index contributed by atoms with van der Waals surface area (Å²) in [6, 6.07) is 1.17. The predicted molar refractivity (Wildman–Crippen MR) is 39.4 cm³/mol. The van der Waals surface area contributed by atoms with E-state index in [0.717, 1.165) is 4.57 Å². The molecule has 1 N–H and O–H groups in total. The fourth-order valence-electron chi connectivity index (χ4n) is 0.686. The first-order valence-corrected chi connectivity index (χ1v) is 3.08. The van der Waals surface area contributed by atoms with Gasteiger partial charge >= 0.3 is 5.69 Å². The van der Waals surface area contributed by atoms with Crippen molar-refractivity contribution in [2.45, 2.75) is 6.67 Å². The van der Waals surface area contributed by atoms with Gasteiger partial charge in [0, 0.05) is 12.3 Å². The molecule has 1 aromatic heterocycles. The summed E-state index contributed by atoms with van der Waals surface area (Å²) in [6.07, 6.45) is 2.46. The molecule has 1 aromatic rings. The van der Waals surface area contributed by atoms with Crippen LogP contribution in [0.15, 0.2) is 26.8 Å². The summed E-state index contributed by atoms with van der Waals surface area (Å²) in [5.41, 5.74) is -1.10. The quantitative estimate of drug-likeness (QED) is 0.445. The third-order valence-corrected chi connectivity index (χ3v) is 1.22. The van der Waals surface area contributed by atoms with Gasteiger partial charge in [-0.3, -0.25) is 4.79 Å². The first-order valence-electron chi connectivity index (χ1n) is 3.08. The van der Waals surface area contributed by atoms with Crippen molar-refractivity contribution in [1.29, 1.82) is 0 Å². The topological polar surface area (TPSA) is 84.3 Å². The van der Waals surface area contributed by atoms with E-state index in [9.17, 15) is 14.4 Å². The number of carbonyl (C=O) groups excluding carboxylic acids is 1. The number of hydrogen-bond acceptors (Lipinski definition) is 4. The summed E-state index contributed by atoms with van der Waals surface area (Å²) in [5.74, 6) is 0. The molecule has 1 rings (SSSR count). The second-order valence-electron chi connectivity index (χ2n) is 1.94. The molecule has 0 saturated heterocycles. The van der Waals surface area contributed by atoms with Gasteiger partial charge in [-0.05, 0) is 0 Å². The summed E-state index contributed by atoms with van der Waals surface area (Å²) in [6.45, 7) is -0.293. The van der Waals surface area contributed by atoms with Gasteiger partial charge < -0.3 is 4.98 Å². The molecule has 0 saturated carbocycles. The minimum absolute atomic E-state index is 0.293. The molecule has 0 atom stereocenters. The van der Waals surface area contributed by atoms with E-state index < -0.39 is 11.2 Å². The Hall–Kier alpha value is -1.94. The SMILES string of the molecule is O=C=NCn1c(=O)cc[nH]c1=O. The van der Waals surface area contributed by atoms with Crippen LogP contribution in [0, 0.1) is 0 Å². The van der Waals surface area contributed by atoms with Gasteiger partial charge in [0.25, 0.3) is 5.56 Å². The number of rotatable bonds is 2. The van der Waals surface area contributed by atoms with Gasteiger partial charge in [0.2, 0.25) is 6.08 Å². The van der Waals surface area contributed by atoms with Crippen LogP contribution in [0.1, 0.15) is 0 Å². The van der Waals surface area contributed by atoms with E-state index in [-0.39, 0.29) is 6.67 Å². The smallest absolute Gasteiger partial charge is 0.314 e. The molecule has 0 radical (unpaired) electrons. The largest absolute Gasteiger partial charge is 0.329 e. The van der Waals surface area contributed by atoms with Crippen molar-refractivity contribution in [2.75, 3.05) is 0 Å². The second kappa shape index (κ2) is 3.45. The number of hydrogen-bond donors (Lipinski definition) is 1. The lowest BCUT2D eigenvalue weighted by molar-refractivity contribution is 0.555. The molecule has 62 valence electrons. The average molecular weight is 167 g/mol. The van der Waals surface area contributed by atoms with Crippen LogP contribution in [0.4, 0.5) is 0 Å². The van der Waals surface area contributed by atoms with Crippen molar-refractivity contribution >= 4 is 6.08 Å². The predicted octanol–water partition coefficient (Wildman–Crippen LogP) is -1.17. The maximum Gasteiger partial charge on any atom is 0.329 e.